The van der Waals surface area contributed by atoms with Gasteiger partial charge < -0.3 is 24.0 Å². The Hall–Kier alpha value is -3.46. The first-order chi connectivity index (χ1) is 16.3. The van der Waals surface area contributed by atoms with Gasteiger partial charge in [0.2, 0.25) is 0 Å². The molecule has 0 bridgehead atoms. The van der Waals surface area contributed by atoms with Crippen molar-refractivity contribution in [1.29, 1.82) is 0 Å². The van der Waals surface area contributed by atoms with Gasteiger partial charge in [-0.25, -0.2) is 18.6 Å². The molecule has 2 aliphatic heterocycles. The van der Waals surface area contributed by atoms with Crippen LogP contribution in [0.15, 0.2) is 42.6 Å². The number of anilines is 1. The number of aryl methyl sites for hydroxylation is 1. The molecule has 34 heavy (non-hydrogen) atoms. The first-order valence-corrected chi connectivity index (χ1v) is 11.3. The number of aromatic nitrogens is 2. The molecule has 0 radical (unpaired) electrons. The molecule has 5 rings (SSSR count). The van der Waals surface area contributed by atoms with Gasteiger partial charge in [-0.3, -0.25) is 0 Å². The summed E-state index contributed by atoms with van der Waals surface area (Å²) in [5.74, 6) is -1.38. The highest BCUT2D eigenvalue weighted by molar-refractivity contribution is 5.71. The van der Waals surface area contributed by atoms with Crippen LogP contribution < -0.4 is 4.90 Å². The molecular formula is C25H26F2N4O3. The van der Waals surface area contributed by atoms with Gasteiger partial charge in [-0.1, -0.05) is 12.2 Å². The molecule has 1 saturated heterocycles. The third-order valence-corrected chi connectivity index (χ3v) is 6.51. The standard InChI is InChI=1S/C25H26F2N4O3/c1-15-5-7-31-21(13-18-14-29(25(32)33)8-9-34-18)24(28-22(31)10-15)23-19(26)11-17(12-20(23)27)30-6-3-4-16(30)2/h3-5,7,10-12,16,18H,6,8-9,13-14H2,1-2H3,(H,32,33)/t16?,18-/m0/s1. The van der Waals surface area contributed by atoms with Crippen molar-refractivity contribution in [3.63, 3.8) is 0 Å². The third-order valence-electron chi connectivity index (χ3n) is 6.51. The highest BCUT2D eigenvalue weighted by Gasteiger charge is 2.29. The van der Waals surface area contributed by atoms with Crippen molar-refractivity contribution in [1.82, 2.24) is 14.3 Å². The molecule has 2 aromatic heterocycles. The van der Waals surface area contributed by atoms with Crippen LogP contribution in [-0.2, 0) is 11.2 Å². The van der Waals surface area contributed by atoms with Crippen LogP contribution in [0.1, 0.15) is 18.2 Å². The van der Waals surface area contributed by atoms with Crippen LogP contribution in [0.5, 0.6) is 0 Å². The van der Waals surface area contributed by atoms with Gasteiger partial charge in [0.05, 0.1) is 36.2 Å². The molecule has 1 amide bonds. The van der Waals surface area contributed by atoms with Crippen molar-refractivity contribution in [3.05, 3.63) is 65.5 Å². The monoisotopic (exact) mass is 468 g/mol. The number of fused-ring (bicyclic) bond motifs is 1. The van der Waals surface area contributed by atoms with Crippen LogP contribution in [0.2, 0.25) is 0 Å². The fourth-order valence-electron chi connectivity index (χ4n) is 4.76. The van der Waals surface area contributed by atoms with Gasteiger partial charge in [-0.05, 0) is 43.7 Å². The number of morpholine rings is 1. The lowest BCUT2D eigenvalue weighted by molar-refractivity contribution is -0.0214. The summed E-state index contributed by atoms with van der Waals surface area (Å²) < 4.78 is 38.5. The van der Waals surface area contributed by atoms with Crippen molar-refractivity contribution < 1.29 is 23.4 Å². The van der Waals surface area contributed by atoms with E-state index in [-0.39, 0.29) is 36.9 Å². The molecule has 1 unspecified atom stereocenters. The number of amides is 1. The quantitative estimate of drug-likeness (QED) is 0.579. The molecule has 178 valence electrons. The summed E-state index contributed by atoms with van der Waals surface area (Å²) in [6.45, 7) is 5.22. The molecule has 1 fully saturated rings. The number of carbonyl (C=O) groups is 1. The summed E-state index contributed by atoms with van der Waals surface area (Å²) >= 11 is 0. The first-order valence-electron chi connectivity index (χ1n) is 11.3. The minimum Gasteiger partial charge on any atom is -0.465 e. The molecule has 0 aliphatic carbocycles. The lowest BCUT2D eigenvalue weighted by Gasteiger charge is -2.31. The van der Waals surface area contributed by atoms with E-state index in [0.29, 0.717) is 30.1 Å². The average Bonchev–Trinajstić information content (AvgIpc) is 3.37. The maximum Gasteiger partial charge on any atom is 0.407 e. The Morgan fingerprint density at radius 3 is 2.71 bits per heavy atom. The minimum atomic E-state index is -1.01. The molecule has 1 N–H and O–H groups in total. The fourth-order valence-corrected chi connectivity index (χ4v) is 4.76. The van der Waals surface area contributed by atoms with Gasteiger partial charge in [-0.2, -0.15) is 0 Å². The molecule has 1 aromatic carbocycles. The molecule has 9 heteroatoms. The number of rotatable bonds is 4. The molecule has 2 atom stereocenters. The fraction of sp³-hybridized carbons (Fsp3) is 0.360. The number of hydrogen-bond donors (Lipinski definition) is 1. The zero-order valence-electron chi connectivity index (χ0n) is 19.0. The Morgan fingerprint density at radius 2 is 2.03 bits per heavy atom. The van der Waals surface area contributed by atoms with Gasteiger partial charge in [0.25, 0.3) is 0 Å². The second-order valence-electron chi connectivity index (χ2n) is 8.87. The summed E-state index contributed by atoms with van der Waals surface area (Å²) in [5, 5.41) is 9.37. The van der Waals surface area contributed by atoms with Gasteiger partial charge in [0.1, 0.15) is 17.3 Å². The van der Waals surface area contributed by atoms with E-state index < -0.39 is 23.8 Å². The number of benzene rings is 1. The predicted molar refractivity (Wildman–Crippen MR) is 124 cm³/mol. The normalized spacial score (nSPS) is 20.5. The van der Waals surface area contributed by atoms with Crippen LogP contribution >= 0.6 is 0 Å². The van der Waals surface area contributed by atoms with E-state index in [0.717, 1.165) is 5.56 Å². The number of nitrogens with zero attached hydrogens (tertiary/aromatic N) is 4. The summed E-state index contributed by atoms with van der Waals surface area (Å²) in [6, 6.07) is 6.50. The second-order valence-corrected chi connectivity index (χ2v) is 8.87. The van der Waals surface area contributed by atoms with Crippen molar-refractivity contribution in [3.8, 4) is 11.3 Å². The Bertz CT molecular complexity index is 1270. The lowest BCUT2D eigenvalue weighted by atomic mass is 10.0. The largest absolute Gasteiger partial charge is 0.465 e. The smallest absolute Gasteiger partial charge is 0.407 e. The van der Waals surface area contributed by atoms with E-state index in [1.807, 2.05) is 49.2 Å². The third kappa shape index (κ3) is 4.00. The van der Waals surface area contributed by atoms with Gasteiger partial charge in [0, 0.05) is 37.4 Å². The van der Waals surface area contributed by atoms with Crippen LogP contribution in [0.25, 0.3) is 16.9 Å². The zero-order chi connectivity index (χ0) is 24.0. The average molecular weight is 469 g/mol. The number of carboxylic acid groups (broad SMARTS) is 1. The summed E-state index contributed by atoms with van der Waals surface area (Å²) in [4.78, 5) is 19.2. The van der Waals surface area contributed by atoms with E-state index in [9.17, 15) is 9.90 Å². The highest BCUT2D eigenvalue weighted by atomic mass is 19.1. The Labute approximate surface area is 195 Å². The summed E-state index contributed by atoms with van der Waals surface area (Å²) in [5.41, 5.74) is 2.60. The molecule has 2 aliphatic rings. The Morgan fingerprint density at radius 1 is 1.26 bits per heavy atom. The van der Waals surface area contributed by atoms with Crippen LogP contribution in [0.3, 0.4) is 0 Å². The zero-order valence-corrected chi connectivity index (χ0v) is 19.0. The van der Waals surface area contributed by atoms with E-state index >= 15 is 8.78 Å². The van der Waals surface area contributed by atoms with Crippen molar-refractivity contribution in [2.45, 2.75) is 32.4 Å². The summed E-state index contributed by atoms with van der Waals surface area (Å²) in [7, 11) is 0. The van der Waals surface area contributed by atoms with Crippen molar-refractivity contribution >= 4 is 17.4 Å². The molecule has 0 saturated carbocycles. The number of halogens is 2. The van der Waals surface area contributed by atoms with E-state index in [1.54, 1.807) is 4.40 Å². The van der Waals surface area contributed by atoms with Crippen LogP contribution in [0, 0.1) is 18.6 Å². The van der Waals surface area contributed by atoms with Crippen LogP contribution in [0.4, 0.5) is 19.3 Å². The van der Waals surface area contributed by atoms with E-state index in [4.69, 9.17) is 4.74 Å². The molecule has 3 aromatic rings. The SMILES string of the molecule is Cc1ccn2c(C[C@H]3CN(C(=O)O)CCO3)c(-c3c(F)cc(N4CC=CC4C)cc3F)nc2c1. The lowest BCUT2D eigenvalue weighted by Crippen LogP contribution is -2.45. The first kappa shape index (κ1) is 22.3. The van der Waals surface area contributed by atoms with Crippen molar-refractivity contribution in [2.75, 3.05) is 31.1 Å². The van der Waals surface area contributed by atoms with E-state index in [2.05, 4.69) is 4.98 Å². The molecule has 4 heterocycles. The highest BCUT2D eigenvalue weighted by Crippen LogP contribution is 2.34. The topological polar surface area (TPSA) is 70.3 Å². The second kappa shape index (κ2) is 8.72. The Balaban J connectivity index is 1.58. The maximum absolute atomic E-state index is 15.5. The van der Waals surface area contributed by atoms with Crippen molar-refractivity contribution in [2.24, 2.45) is 0 Å². The van der Waals surface area contributed by atoms with Gasteiger partial charge in [0.15, 0.2) is 0 Å². The summed E-state index contributed by atoms with van der Waals surface area (Å²) in [6.07, 6.45) is 4.58. The van der Waals surface area contributed by atoms with E-state index in [1.165, 1.54) is 17.0 Å². The van der Waals surface area contributed by atoms with Gasteiger partial charge >= 0.3 is 6.09 Å². The van der Waals surface area contributed by atoms with Gasteiger partial charge in [-0.15, -0.1) is 0 Å². The number of ether oxygens (including phenoxy) is 1. The molecule has 0 spiro atoms. The van der Waals surface area contributed by atoms with Crippen LogP contribution in [-0.4, -0.2) is 63.9 Å². The maximum atomic E-state index is 15.5. The Kier molecular flexibility index (Phi) is 5.73. The number of hydrogen-bond acceptors (Lipinski definition) is 4. The molecular weight excluding hydrogens is 442 g/mol. The number of imidazole rings is 1. The number of pyridine rings is 1. The predicted octanol–water partition coefficient (Wildman–Crippen LogP) is 4.27. The molecule has 7 nitrogen and oxygen atoms in total. The minimum absolute atomic E-state index is 0.0546.